The Kier molecular flexibility index (Phi) is 6.41. The molecular formula is C24H27F3N2O5S. The van der Waals surface area contributed by atoms with Gasteiger partial charge < -0.3 is 9.47 Å². The van der Waals surface area contributed by atoms with E-state index in [0.29, 0.717) is 18.1 Å². The monoisotopic (exact) mass is 512 g/mol. The highest BCUT2D eigenvalue weighted by Crippen LogP contribution is 2.43. The van der Waals surface area contributed by atoms with Gasteiger partial charge in [-0.25, -0.2) is 13.2 Å². The lowest BCUT2D eigenvalue weighted by Crippen LogP contribution is -2.44. The summed E-state index contributed by atoms with van der Waals surface area (Å²) in [7, 11) is -3.98. The zero-order chi connectivity index (χ0) is 25.6. The van der Waals surface area contributed by atoms with Gasteiger partial charge in [-0.1, -0.05) is 19.1 Å². The van der Waals surface area contributed by atoms with Crippen molar-refractivity contribution >= 4 is 27.5 Å². The Morgan fingerprint density at radius 3 is 2.51 bits per heavy atom. The molecule has 1 atom stereocenters. The molecule has 1 amide bonds. The number of hydrogen-bond donors (Lipinski definition) is 1. The van der Waals surface area contributed by atoms with Crippen LogP contribution < -0.4 is 14.4 Å². The molecule has 35 heavy (non-hydrogen) atoms. The fourth-order valence-electron chi connectivity index (χ4n) is 3.74. The van der Waals surface area contributed by atoms with Gasteiger partial charge in [-0.2, -0.15) is 13.2 Å². The first-order valence-corrected chi connectivity index (χ1v) is 12.8. The highest BCUT2D eigenvalue weighted by Gasteiger charge is 2.51. The molecule has 0 unspecified atom stereocenters. The summed E-state index contributed by atoms with van der Waals surface area (Å²) in [6.45, 7) is 3.40. The van der Waals surface area contributed by atoms with E-state index in [4.69, 9.17) is 4.74 Å². The van der Waals surface area contributed by atoms with E-state index in [9.17, 15) is 26.4 Å². The predicted molar refractivity (Wildman–Crippen MR) is 124 cm³/mol. The molecule has 1 saturated carbocycles. The van der Waals surface area contributed by atoms with E-state index < -0.39 is 27.9 Å². The van der Waals surface area contributed by atoms with E-state index in [1.165, 1.54) is 28.6 Å². The standard InChI is InChI=1S/C24H27F3N2O5S/c1-4-18-14-29(35(31,32)19-7-5-6-16(12-19)15-8-9-15)20-13-17(10-11-21(20)33-18)28-22(30)34-23(2,3)24(25,26)27/h5-7,10-13,15,18H,4,8-9,14H2,1-3H3,(H,28,30)/t18-/m0/s1. The van der Waals surface area contributed by atoms with E-state index in [0.717, 1.165) is 32.3 Å². The van der Waals surface area contributed by atoms with Crippen molar-refractivity contribution in [2.75, 3.05) is 16.2 Å². The van der Waals surface area contributed by atoms with Crippen LogP contribution in [0.4, 0.5) is 29.3 Å². The Hall–Kier alpha value is -2.95. The molecule has 4 rings (SSSR count). The molecule has 2 aromatic carbocycles. The number of sulfonamides is 1. The van der Waals surface area contributed by atoms with Gasteiger partial charge in [-0.05, 0) is 74.9 Å². The highest BCUT2D eigenvalue weighted by atomic mass is 32.2. The zero-order valence-electron chi connectivity index (χ0n) is 19.6. The first-order chi connectivity index (χ1) is 16.3. The summed E-state index contributed by atoms with van der Waals surface area (Å²) in [5.41, 5.74) is -1.49. The maximum atomic E-state index is 13.7. The number of rotatable bonds is 6. The van der Waals surface area contributed by atoms with Crippen molar-refractivity contribution in [2.45, 2.75) is 68.7 Å². The van der Waals surface area contributed by atoms with Crippen LogP contribution in [0.1, 0.15) is 51.5 Å². The maximum Gasteiger partial charge on any atom is 0.427 e. The third-order valence-corrected chi connectivity index (χ3v) is 7.89. The number of ether oxygens (including phenoxy) is 2. The topological polar surface area (TPSA) is 84.9 Å². The molecule has 2 aromatic rings. The van der Waals surface area contributed by atoms with Crippen molar-refractivity contribution < 1.29 is 35.9 Å². The van der Waals surface area contributed by atoms with Gasteiger partial charge in [0, 0.05) is 5.69 Å². The van der Waals surface area contributed by atoms with E-state index in [-0.39, 0.29) is 28.9 Å². The fourth-order valence-corrected chi connectivity index (χ4v) is 5.29. The number of alkyl halides is 3. The fraction of sp³-hybridized carbons (Fsp3) is 0.458. The summed E-state index contributed by atoms with van der Waals surface area (Å²) in [6.07, 6.45) is -3.85. The molecule has 0 aromatic heterocycles. The largest absolute Gasteiger partial charge is 0.486 e. The number of halogens is 3. The van der Waals surface area contributed by atoms with E-state index in [1.807, 2.05) is 13.0 Å². The third-order valence-electron chi connectivity index (χ3n) is 6.12. The van der Waals surface area contributed by atoms with Crippen LogP contribution in [0.5, 0.6) is 5.75 Å². The number of fused-ring (bicyclic) bond motifs is 1. The first-order valence-electron chi connectivity index (χ1n) is 11.3. The van der Waals surface area contributed by atoms with Crippen molar-refractivity contribution in [3.8, 4) is 5.75 Å². The predicted octanol–water partition coefficient (Wildman–Crippen LogP) is 5.82. The van der Waals surface area contributed by atoms with Gasteiger partial charge in [0.15, 0.2) is 0 Å². The van der Waals surface area contributed by atoms with Crippen LogP contribution >= 0.6 is 0 Å². The van der Waals surface area contributed by atoms with Crippen molar-refractivity contribution in [1.82, 2.24) is 0 Å². The second kappa shape index (κ2) is 8.92. The lowest BCUT2D eigenvalue weighted by Gasteiger charge is -2.35. The summed E-state index contributed by atoms with van der Waals surface area (Å²) in [6, 6.07) is 11.1. The molecule has 1 N–H and O–H groups in total. The molecule has 11 heteroatoms. The maximum absolute atomic E-state index is 13.7. The van der Waals surface area contributed by atoms with Gasteiger partial charge in [0.1, 0.15) is 11.9 Å². The molecule has 1 fully saturated rings. The Balaban J connectivity index is 1.64. The van der Waals surface area contributed by atoms with Crippen LogP contribution in [0.2, 0.25) is 0 Å². The van der Waals surface area contributed by atoms with Crippen LogP contribution in [-0.2, 0) is 14.8 Å². The lowest BCUT2D eigenvalue weighted by atomic mass is 10.1. The van der Waals surface area contributed by atoms with Gasteiger partial charge in [-0.15, -0.1) is 0 Å². The molecular weight excluding hydrogens is 485 g/mol. The summed E-state index contributed by atoms with van der Waals surface area (Å²) in [4.78, 5) is 12.3. The SMILES string of the molecule is CC[C@H]1CN(S(=O)(=O)c2cccc(C3CC3)c2)c2cc(NC(=O)OC(C)(C)C(F)(F)F)ccc2O1. The average molecular weight is 513 g/mol. The molecule has 1 aliphatic heterocycles. The molecule has 7 nitrogen and oxygen atoms in total. The number of anilines is 2. The van der Waals surface area contributed by atoms with Crippen LogP contribution in [-0.4, -0.2) is 38.9 Å². The minimum Gasteiger partial charge on any atom is -0.486 e. The molecule has 1 heterocycles. The normalized spacial score (nSPS) is 18.5. The zero-order valence-corrected chi connectivity index (χ0v) is 20.4. The molecule has 1 aliphatic carbocycles. The lowest BCUT2D eigenvalue weighted by molar-refractivity contribution is -0.242. The van der Waals surface area contributed by atoms with Gasteiger partial charge in [-0.3, -0.25) is 9.62 Å². The molecule has 0 radical (unpaired) electrons. The van der Waals surface area contributed by atoms with Crippen molar-refractivity contribution in [1.29, 1.82) is 0 Å². The summed E-state index contributed by atoms with van der Waals surface area (Å²) in [5, 5.41) is 2.25. The number of carbonyl (C=O) groups excluding carboxylic acids is 1. The Bertz CT molecular complexity index is 1230. The van der Waals surface area contributed by atoms with Crippen LogP contribution in [0.25, 0.3) is 0 Å². The van der Waals surface area contributed by atoms with Gasteiger partial charge in [0.2, 0.25) is 5.60 Å². The summed E-state index contributed by atoms with van der Waals surface area (Å²) in [5.74, 6) is 0.660. The minimum atomic E-state index is -4.76. The van der Waals surface area contributed by atoms with Gasteiger partial charge in [0.05, 0.1) is 17.1 Å². The Labute approximate surface area is 202 Å². The van der Waals surface area contributed by atoms with E-state index in [2.05, 4.69) is 10.1 Å². The van der Waals surface area contributed by atoms with E-state index >= 15 is 0 Å². The quantitative estimate of drug-likeness (QED) is 0.527. The summed E-state index contributed by atoms with van der Waals surface area (Å²) < 4.78 is 78.2. The van der Waals surface area contributed by atoms with Crippen LogP contribution in [0, 0.1) is 0 Å². The number of hydrogen-bond acceptors (Lipinski definition) is 5. The van der Waals surface area contributed by atoms with Crippen LogP contribution in [0.15, 0.2) is 47.4 Å². The number of benzene rings is 2. The number of nitrogens with zero attached hydrogens (tertiary/aromatic N) is 1. The second-order valence-electron chi connectivity index (χ2n) is 9.24. The molecule has 0 spiro atoms. The van der Waals surface area contributed by atoms with Gasteiger partial charge in [0.25, 0.3) is 10.0 Å². The first kappa shape index (κ1) is 25.2. The molecule has 0 saturated heterocycles. The third kappa shape index (κ3) is 5.19. The van der Waals surface area contributed by atoms with Gasteiger partial charge >= 0.3 is 12.3 Å². The van der Waals surface area contributed by atoms with Crippen LogP contribution in [0.3, 0.4) is 0 Å². The number of nitrogens with one attached hydrogen (secondary N) is 1. The van der Waals surface area contributed by atoms with E-state index in [1.54, 1.807) is 12.1 Å². The second-order valence-corrected chi connectivity index (χ2v) is 11.1. The van der Waals surface area contributed by atoms with Crippen molar-refractivity contribution in [2.24, 2.45) is 0 Å². The molecule has 190 valence electrons. The molecule has 2 aliphatic rings. The number of amides is 1. The summed E-state index contributed by atoms with van der Waals surface area (Å²) >= 11 is 0. The van der Waals surface area contributed by atoms with Crippen molar-refractivity contribution in [3.05, 3.63) is 48.0 Å². The number of carbonyl (C=O) groups is 1. The Morgan fingerprint density at radius 2 is 1.89 bits per heavy atom. The van der Waals surface area contributed by atoms with Crippen molar-refractivity contribution in [3.63, 3.8) is 0 Å². The highest BCUT2D eigenvalue weighted by molar-refractivity contribution is 7.92. The smallest absolute Gasteiger partial charge is 0.427 e. The minimum absolute atomic E-state index is 0.0501. The Morgan fingerprint density at radius 1 is 1.17 bits per heavy atom. The average Bonchev–Trinajstić information content (AvgIpc) is 3.62. The molecule has 0 bridgehead atoms.